The zero-order valence-corrected chi connectivity index (χ0v) is 13.7. The summed E-state index contributed by atoms with van der Waals surface area (Å²) in [7, 11) is 0. The van der Waals surface area contributed by atoms with Gasteiger partial charge in [-0.3, -0.25) is 14.9 Å². The van der Waals surface area contributed by atoms with Crippen LogP contribution in [0.5, 0.6) is 0 Å². The fraction of sp³-hybridized carbons (Fsp3) is 0.176. The van der Waals surface area contributed by atoms with E-state index in [2.05, 4.69) is 0 Å². The molecule has 0 amide bonds. The average Bonchev–Trinajstić information content (AvgIpc) is 3.07. The normalized spacial score (nSPS) is 10.7. The standard InChI is InChI=1S/C17H15NO5S/c1-2-14-8-9-16(24-14)15(19)11-23-17(20)10-5-12-3-6-13(7-4-12)18(21)22/h3-10H,2,11H2,1H3/b10-5+. The number of Topliss-reactive ketones (excluding diaryl/α,β-unsaturated/α-hetero) is 1. The molecule has 0 saturated carbocycles. The van der Waals surface area contributed by atoms with Crippen molar-refractivity contribution in [1.29, 1.82) is 0 Å². The molecule has 2 rings (SSSR count). The van der Waals surface area contributed by atoms with E-state index in [1.165, 1.54) is 47.8 Å². The lowest BCUT2D eigenvalue weighted by molar-refractivity contribution is -0.384. The summed E-state index contributed by atoms with van der Waals surface area (Å²) in [5.74, 6) is -0.884. The van der Waals surface area contributed by atoms with Gasteiger partial charge in [0, 0.05) is 23.1 Å². The van der Waals surface area contributed by atoms with Crippen LogP contribution in [0.15, 0.2) is 42.5 Å². The molecule has 1 heterocycles. The van der Waals surface area contributed by atoms with Crippen molar-refractivity contribution in [1.82, 2.24) is 0 Å². The van der Waals surface area contributed by atoms with Gasteiger partial charge in [-0.1, -0.05) is 6.92 Å². The molecule has 0 N–H and O–H groups in total. The second kappa shape index (κ2) is 8.16. The Bertz CT molecular complexity index is 777. The van der Waals surface area contributed by atoms with E-state index in [9.17, 15) is 19.7 Å². The first kappa shape index (κ1) is 17.6. The van der Waals surface area contributed by atoms with Gasteiger partial charge in [0.25, 0.3) is 5.69 Å². The summed E-state index contributed by atoms with van der Waals surface area (Å²) in [5, 5.41) is 10.5. The topological polar surface area (TPSA) is 86.5 Å². The molecular formula is C17H15NO5S. The molecule has 1 aromatic carbocycles. The van der Waals surface area contributed by atoms with Gasteiger partial charge in [0.2, 0.25) is 5.78 Å². The Balaban J connectivity index is 1.86. The molecule has 7 heteroatoms. The smallest absolute Gasteiger partial charge is 0.331 e. The van der Waals surface area contributed by atoms with Crippen molar-refractivity contribution in [3.05, 3.63) is 67.9 Å². The first-order valence-corrected chi connectivity index (χ1v) is 8.02. The minimum absolute atomic E-state index is 0.0253. The first-order valence-electron chi connectivity index (χ1n) is 7.20. The fourth-order valence-corrected chi connectivity index (χ4v) is 2.72. The van der Waals surface area contributed by atoms with Crippen molar-refractivity contribution in [3.63, 3.8) is 0 Å². The summed E-state index contributed by atoms with van der Waals surface area (Å²) in [5.41, 5.74) is 0.595. The number of hydrogen-bond acceptors (Lipinski definition) is 6. The lowest BCUT2D eigenvalue weighted by Crippen LogP contribution is -2.11. The van der Waals surface area contributed by atoms with Crippen molar-refractivity contribution in [2.45, 2.75) is 13.3 Å². The zero-order valence-electron chi connectivity index (χ0n) is 12.9. The van der Waals surface area contributed by atoms with Gasteiger partial charge in [-0.25, -0.2) is 4.79 Å². The van der Waals surface area contributed by atoms with Crippen LogP contribution in [-0.4, -0.2) is 23.3 Å². The molecule has 6 nitrogen and oxygen atoms in total. The molecule has 0 aliphatic rings. The number of non-ortho nitro benzene ring substituents is 1. The SMILES string of the molecule is CCc1ccc(C(=O)COC(=O)/C=C/c2ccc([N+](=O)[O-])cc2)s1. The fourth-order valence-electron chi connectivity index (χ4n) is 1.85. The Labute approximate surface area is 142 Å². The second-order valence-corrected chi connectivity index (χ2v) is 6.00. The third-order valence-corrected chi connectivity index (χ3v) is 4.42. The number of thiophene rings is 1. The minimum Gasteiger partial charge on any atom is -0.454 e. The van der Waals surface area contributed by atoms with Crippen LogP contribution >= 0.6 is 11.3 Å². The Morgan fingerprint density at radius 1 is 1.21 bits per heavy atom. The Morgan fingerprint density at radius 2 is 1.92 bits per heavy atom. The molecule has 0 unspecified atom stereocenters. The number of benzene rings is 1. The van der Waals surface area contributed by atoms with Crippen LogP contribution < -0.4 is 0 Å². The number of ether oxygens (including phenoxy) is 1. The molecular weight excluding hydrogens is 330 g/mol. The molecule has 0 saturated heterocycles. The quantitative estimate of drug-likeness (QED) is 0.251. The summed E-state index contributed by atoms with van der Waals surface area (Å²) < 4.78 is 4.91. The molecule has 0 spiro atoms. The van der Waals surface area contributed by atoms with Gasteiger partial charge in [0.15, 0.2) is 6.61 Å². The van der Waals surface area contributed by atoms with E-state index in [-0.39, 0.29) is 18.1 Å². The Morgan fingerprint density at radius 3 is 2.50 bits per heavy atom. The maximum absolute atomic E-state index is 11.9. The first-order chi connectivity index (χ1) is 11.5. The van der Waals surface area contributed by atoms with Gasteiger partial charge in [0.05, 0.1) is 9.80 Å². The lowest BCUT2D eigenvalue weighted by atomic mass is 10.2. The molecule has 24 heavy (non-hydrogen) atoms. The number of rotatable bonds is 7. The highest BCUT2D eigenvalue weighted by Gasteiger charge is 2.11. The molecule has 2 aromatic rings. The highest BCUT2D eigenvalue weighted by atomic mass is 32.1. The van der Waals surface area contributed by atoms with Gasteiger partial charge in [-0.2, -0.15) is 0 Å². The summed E-state index contributed by atoms with van der Waals surface area (Å²) in [6.07, 6.45) is 3.51. The molecule has 0 aliphatic heterocycles. The van der Waals surface area contributed by atoms with Crippen molar-refractivity contribution in [2.24, 2.45) is 0 Å². The van der Waals surface area contributed by atoms with Crippen molar-refractivity contribution in [3.8, 4) is 0 Å². The third-order valence-electron chi connectivity index (χ3n) is 3.15. The number of esters is 1. The van der Waals surface area contributed by atoms with E-state index in [4.69, 9.17) is 4.74 Å². The zero-order chi connectivity index (χ0) is 17.5. The Kier molecular flexibility index (Phi) is 5.97. The number of carbonyl (C=O) groups is 2. The number of ketones is 1. The second-order valence-electron chi connectivity index (χ2n) is 4.83. The molecule has 0 aliphatic carbocycles. The van der Waals surface area contributed by atoms with Crippen molar-refractivity contribution >= 4 is 34.9 Å². The lowest BCUT2D eigenvalue weighted by Gasteiger charge is -1.99. The predicted molar refractivity (Wildman–Crippen MR) is 91.1 cm³/mol. The summed E-state index contributed by atoms with van der Waals surface area (Å²) in [6, 6.07) is 9.34. The highest BCUT2D eigenvalue weighted by Crippen LogP contribution is 2.17. The van der Waals surface area contributed by atoms with Crippen LogP contribution in [0.2, 0.25) is 0 Å². The third kappa shape index (κ3) is 4.85. The van der Waals surface area contributed by atoms with Crippen LogP contribution in [0.4, 0.5) is 5.69 Å². The van der Waals surface area contributed by atoms with Gasteiger partial charge in [-0.15, -0.1) is 11.3 Å². The van der Waals surface area contributed by atoms with Crippen LogP contribution in [0.1, 0.15) is 27.0 Å². The number of nitro groups is 1. The number of nitro benzene ring substituents is 1. The van der Waals surface area contributed by atoms with Gasteiger partial charge in [-0.05, 0) is 42.3 Å². The largest absolute Gasteiger partial charge is 0.454 e. The minimum atomic E-state index is -0.644. The number of aryl methyl sites for hydroxylation is 1. The van der Waals surface area contributed by atoms with Crippen LogP contribution in [-0.2, 0) is 16.0 Å². The van der Waals surface area contributed by atoms with Crippen LogP contribution in [0.3, 0.4) is 0 Å². The number of nitrogens with zero attached hydrogens (tertiary/aromatic N) is 1. The van der Waals surface area contributed by atoms with Gasteiger partial charge >= 0.3 is 5.97 Å². The maximum atomic E-state index is 11.9. The monoisotopic (exact) mass is 345 g/mol. The number of carbonyl (C=O) groups excluding carboxylic acids is 2. The maximum Gasteiger partial charge on any atom is 0.331 e. The van der Waals surface area contributed by atoms with E-state index >= 15 is 0 Å². The van der Waals surface area contributed by atoms with Crippen molar-refractivity contribution < 1.29 is 19.2 Å². The highest BCUT2D eigenvalue weighted by molar-refractivity contribution is 7.14. The van der Waals surface area contributed by atoms with E-state index < -0.39 is 10.9 Å². The molecule has 0 radical (unpaired) electrons. The molecule has 1 aromatic heterocycles. The van der Waals surface area contributed by atoms with Gasteiger partial charge < -0.3 is 4.74 Å². The summed E-state index contributed by atoms with van der Waals surface area (Å²) >= 11 is 1.39. The molecule has 0 fully saturated rings. The van der Waals surface area contributed by atoms with Crippen LogP contribution in [0, 0.1) is 10.1 Å². The van der Waals surface area contributed by atoms with Gasteiger partial charge in [0.1, 0.15) is 0 Å². The predicted octanol–water partition coefficient (Wildman–Crippen LogP) is 3.66. The van der Waals surface area contributed by atoms with Crippen LogP contribution in [0.25, 0.3) is 6.08 Å². The average molecular weight is 345 g/mol. The van der Waals surface area contributed by atoms with Crippen molar-refractivity contribution in [2.75, 3.05) is 6.61 Å². The van der Waals surface area contributed by atoms with E-state index in [1.807, 2.05) is 13.0 Å². The summed E-state index contributed by atoms with van der Waals surface area (Å²) in [4.78, 5) is 35.2. The van der Waals surface area contributed by atoms with E-state index in [0.29, 0.717) is 10.4 Å². The van der Waals surface area contributed by atoms with E-state index in [1.54, 1.807) is 6.07 Å². The molecule has 0 atom stereocenters. The van der Waals surface area contributed by atoms with E-state index in [0.717, 1.165) is 11.3 Å². The number of hydrogen-bond donors (Lipinski definition) is 0. The summed E-state index contributed by atoms with van der Waals surface area (Å²) in [6.45, 7) is 1.69. The Hall–Kier alpha value is -2.80. The molecule has 124 valence electrons. The molecule has 0 bridgehead atoms.